The number of nitrogens with two attached hydrogens (primary N) is 1. The lowest BCUT2D eigenvalue weighted by Crippen LogP contribution is -2.62. The van der Waals surface area contributed by atoms with E-state index in [-0.39, 0.29) is 5.84 Å². The maximum atomic E-state index is 10.9. The largest absolute Gasteiger partial charge is 0.386 e. The molecule has 3 N–H and O–H groups in total. The molecule has 0 amide bonds. The molecule has 7 heteroatoms. The number of aliphatic imine (C=N–C) groups is 1. The van der Waals surface area contributed by atoms with Crippen LogP contribution in [0.3, 0.4) is 0 Å². The predicted molar refractivity (Wildman–Crippen MR) is 125 cm³/mol. The summed E-state index contributed by atoms with van der Waals surface area (Å²) < 4.78 is -0.821. The number of benzene rings is 1. The molecule has 0 saturated heterocycles. The minimum absolute atomic E-state index is 0.284. The molecule has 0 bridgehead atoms. The lowest BCUT2D eigenvalue weighted by atomic mass is 9.53. The second kappa shape index (κ2) is 7.87. The number of hydrogen-bond acceptors (Lipinski definition) is 7. The summed E-state index contributed by atoms with van der Waals surface area (Å²) in [7, 11) is 0. The Morgan fingerprint density at radius 2 is 1.77 bits per heavy atom. The second-order valence-corrected chi connectivity index (χ2v) is 11.1. The van der Waals surface area contributed by atoms with Crippen LogP contribution in [0.2, 0.25) is 0 Å². The maximum absolute atomic E-state index is 10.9. The normalized spacial score (nSPS) is 31.6. The first-order valence-electron chi connectivity index (χ1n) is 10.6. The van der Waals surface area contributed by atoms with Crippen LogP contribution in [0.4, 0.5) is 0 Å². The Hall–Kier alpha value is -2.09. The van der Waals surface area contributed by atoms with Crippen molar-refractivity contribution in [3.8, 4) is 12.1 Å². The van der Waals surface area contributed by atoms with Crippen molar-refractivity contribution in [3.63, 3.8) is 0 Å². The summed E-state index contributed by atoms with van der Waals surface area (Å²) in [5.41, 5.74) is 7.43. The highest BCUT2D eigenvalue weighted by Crippen LogP contribution is 2.72. The van der Waals surface area contributed by atoms with E-state index in [0.29, 0.717) is 0 Å². The van der Waals surface area contributed by atoms with E-state index in [1.807, 2.05) is 30.3 Å². The Morgan fingerprint density at radius 3 is 2.37 bits per heavy atom. The van der Waals surface area contributed by atoms with Gasteiger partial charge >= 0.3 is 0 Å². The highest BCUT2D eigenvalue weighted by Gasteiger charge is 2.77. The number of allylic oxidation sites excluding steroid dienone is 1. The standard InChI is InChI=1S/C23H27N5S2/c1-3-29-23(30-4-2)22(15-25)17-12-8-9-13-18(17)27-19(16-10-6-5-7-11-16)21(22,14-24)20(26)28-23/h5-7,10-11,19,27H,3-4,8-9,12-13H2,1-2H3,(H2,26,28). The zero-order chi connectivity index (χ0) is 21.4. The molecule has 3 atom stereocenters. The van der Waals surface area contributed by atoms with Gasteiger partial charge in [0.15, 0.2) is 15.0 Å². The first kappa shape index (κ1) is 21.2. The zero-order valence-corrected chi connectivity index (χ0v) is 19.1. The fraction of sp³-hybridized carbons (Fsp3) is 0.522. The first-order chi connectivity index (χ1) is 14.6. The lowest BCUT2D eigenvalue weighted by molar-refractivity contribution is 0.185. The molecule has 1 aromatic carbocycles. The van der Waals surface area contributed by atoms with Crippen LogP contribution in [0, 0.1) is 33.5 Å². The SMILES string of the molecule is CCSC1(SCC)N=C(N)C2(C#N)C(c3ccccc3)NC3=C(CCCC3)C12C#N. The van der Waals surface area contributed by atoms with Gasteiger partial charge in [-0.25, -0.2) is 4.99 Å². The third-order valence-electron chi connectivity index (χ3n) is 6.57. The van der Waals surface area contributed by atoms with E-state index in [0.717, 1.165) is 54.0 Å². The highest BCUT2D eigenvalue weighted by atomic mass is 32.2. The van der Waals surface area contributed by atoms with Crippen molar-refractivity contribution in [2.45, 2.75) is 49.8 Å². The van der Waals surface area contributed by atoms with Gasteiger partial charge in [-0.15, -0.1) is 23.5 Å². The van der Waals surface area contributed by atoms with Gasteiger partial charge in [-0.3, -0.25) is 0 Å². The van der Waals surface area contributed by atoms with E-state index < -0.39 is 21.1 Å². The number of amidine groups is 1. The summed E-state index contributed by atoms with van der Waals surface area (Å²) in [4.78, 5) is 5.00. The number of rotatable bonds is 5. The molecule has 30 heavy (non-hydrogen) atoms. The summed E-state index contributed by atoms with van der Waals surface area (Å²) in [6.07, 6.45) is 3.80. The minimum Gasteiger partial charge on any atom is -0.386 e. The molecule has 2 aliphatic heterocycles. The Balaban J connectivity index is 2.09. The van der Waals surface area contributed by atoms with Crippen molar-refractivity contribution in [1.82, 2.24) is 5.32 Å². The highest BCUT2D eigenvalue weighted by molar-refractivity contribution is 8.18. The molecule has 0 spiro atoms. The van der Waals surface area contributed by atoms with Crippen LogP contribution in [-0.2, 0) is 0 Å². The number of nitriles is 2. The number of fused-ring (bicyclic) bond motifs is 2. The lowest BCUT2D eigenvalue weighted by Gasteiger charge is -2.54. The molecule has 3 aliphatic rings. The van der Waals surface area contributed by atoms with E-state index in [1.165, 1.54) is 0 Å². The van der Waals surface area contributed by atoms with Crippen LogP contribution < -0.4 is 11.1 Å². The zero-order valence-electron chi connectivity index (χ0n) is 17.4. The fourth-order valence-corrected chi connectivity index (χ4v) is 8.69. The Kier molecular flexibility index (Phi) is 5.55. The molecule has 0 fully saturated rings. The van der Waals surface area contributed by atoms with E-state index in [4.69, 9.17) is 10.7 Å². The molecule has 0 saturated carbocycles. The van der Waals surface area contributed by atoms with Crippen molar-refractivity contribution < 1.29 is 0 Å². The Bertz CT molecular complexity index is 968. The van der Waals surface area contributed by atoms with E-state index >= 15 is 0 Å². The monoisotopic (exact) mass is 437 g/mol. The summed E-state index contributed by atoms with van der Waals surface area (Å²) >= 11 is 3.30. The van der Waals surface area contributed by atoms with E-state index in [2.05, 4.69) is 31.3 Å². The molecular formula is C23H27N5S2. The van der Waals surface area contributed by atoms with Crippen molar-refractivity contribution in [2.75, 3.05) is 11.5 Å². The van der Waals surface area contributed by atoms with Crippen molar-refractivity contribution in [3.05, 3.63) is 47.2 Å². The van der Waals surface area contributed by atoms with Gasteiger partial charge in [0, 0.05) is 5.70 Å². The number of hydrogen-bond donors (Lipinski definition) is 2. The molecule has 3 unspecified atom stereocenters. The van der Waals surface area contributed by atoms with Crippen LogP contribution in [0.15, 0.2) is 46.6 Å². The van der Waals surface area contributed by atoms with Gasteiger partial charge in [0.1, 0.15) is 5.84 Å². The third-order valence-corrected chi connectivity index (χ3v) is 9.43. The van der Waals surface area contributed by atoms with Crippen molar-refractivity contribution >= 4 is 29.4 Å². The average molecular weight is 438 g/mol. The molecule has 5 nitrogen and oxygen atoms in total. The van der Waals surface area contributed by atoms with Crippen molar-refractivity contribution in [2.24, 2.45) is 21.6 Å². The van der Waals surface area contributed by atoms with Gasteiger partial charge in [0.05, 0.1) is 18.2 Å². The third kappa shape index (κ3) is 2.52. The van der Waals surface area contributed by atoms with Gasteiger partial charge in [-0.05, 0) is 48.3 Å². The summed E-state index contributed by atoms with van der Waals surface area (Å²) in [5.74, 6) is 1.87. The van der Waals surface area contributed by atoms with Crippen LogP contribution in [-0.4, -0.2) is 21.5 Å². The fourth-order valence-electron chi connectivity index (χ4n) is 5.45. The second-order valence-electron chi connectivity index (χ2n) is 7.88. The first-order valence-corrected chi connectivity index (χ1v) is 12.5. The molecule has 0 aromatic heterocycles. The summed E-state index contributed by atoms with van der Waals surface area (Å²) in [6, 6.07) is 14.8. The topological polar surface area (TPSA) is 98.0 Å². The average Bonchev–Trinajstić information content (AvgIpc) is 2.99. The van der Waals surface area contributed by atoms with Gasteiger partial charge in [-0.2, -0.15) is 10.5 Å². The van der Waals surface area contributed by atoms with Crippen molar-refractivity contribution in [1.29, 1.82) is 10.5 Å². The Morgan fingerprint density at radius 1 is 1.10 bits per heavy atom. The number of nitrogens with zero attached hydrogens (tertiary/aromatic N) is 3. The molecular weight excluding hydrogens is 410 g/mol. The molecule has 0 radical (unpaired) electrons. The molecule has 1 aromatic rings. The smallest absolute Gasteiger partial charge is 0.178 e. The van der Waals surface area contributed by atoms with Gasteiger partial charge < -0.3 is 11.1 Å². The quantitative estimate of drug-likeness (QED) is 0.647. The molecule has 1 aliphatic carbocycles. The minimum atomic E-state index is -1.26. The van der Waals surface area contributed by atoms with Crippen LogP contribution in [0.5, 0.6) is 0 Å². The van der Waals surface area contributed by atoms with E-state index in [9.17, 15) is 10.5 Å². The molecule has 2 heterocycles. The Labute approximate surface area is 187 Å². The molecule has 156 valence electrons. The predicted octanol–water partition coefficient (Wildman–Crippen LogP) is 4.71. The summed E-state index contributed by atoms with van der Waals surface area (Å²) in [5, 5.41) is 25.4. The van der Waals surface area contributed by atoms with Crippen LogP contribution >= 0.6 is 23.5 Å². The molecule has 4 rings (SSSR count). The number of nitrogens with one attached hydrogen (secondary N) is 1. The maximum Gasteiger partial charge on any atom is 0.178 e. The number of thioether (sulfide) groups is 2. The van der Waals surface area contributed by atoms with Crippen LogP contribution in [0.25, 0.3) is 0 Å². The van der Waals surface area contributed by atoms with Gasteiger partial charge in [0.25, 0.3) is 0 Å². The van der Waals surface area contributed by atoms with Gasteiger partial charge in [-0.1, -0.05) is 44.2 Å². The van der Waals surface area contributed by atoms with Crippen LogP contribution in [0.1, 0.15) is 51.1 Å². The van der Waals surface area contributed by atoms with E-state index in [1.54, 1.807) is 23.5 Å². The van der Waals surface area contributed by atoms with Gasteiger partial charge in [0.2, 0.25) is 0 Å². The summed E-state index contributed by atoms with van der Waals surface area (Å²) in [6.45, 7) is 4.16.